The van der Waals surface area contributed by atoms with E-state index in [0.717, 1.165) is 11.0 Å². The Labute approximate surface area is 141 Å². The fourth-order valence-electron chi connectivity index (χ4n) is 2.01. The molecule has 4 nitrogen and oxygen atoms in total. The highest BCUT2D eigenvalue weighted by Crippen LogP contribution is 2.14. The first-order chi connectivity index (χ1) is 10.6. The molecular weight excluding hydrogens is 344 g/mol. The lowest BCUT2D eigenvalue weighted by Crippen LogP contribution is -2.39. The van der Waals surface area contributed by atoms with E-state index in [2.05, 4.69) is 51.4 Å². The van der Waals surface area contributed by atoms with Gasteiger partial charge in [-0.25, -0.2) is 4.79 Å². The van der Waals surface area contributed by atoms with Gasteiger partial charge in [0, 0.05) is 24.1 Å². The monoisotopic (exact) mass is 366 g/mol. The number of benzene rings is 1. The summed E-state index contributed by atoms with van der Waals surface area (Å²) in [5.74, 6) is 0. The van der Waals surface area contributed by atoms with Crippen LogP contribution in [0.5, 0.6) is 0 Å². The number of hydrogen-bond acceptors (Lipinski definition) is 3. The maximum atomic E-state index is 11.5. The Hall–Kier alpha value is -1.59. The van der Waals surface area contributed by atoms with Gasteiger partial charge in [-0.2, -0.15) is 0 Å². The van der Waals surface area contributed by atoms with E-state index in [9.17, 15) is 4.79 Å². The Morgan fingerprint density at radius 2 is 2.14 bits per heavy atom. The Balaban J connectivity index is 2.72. The first-order valence-corrected chi connectivity index (χ1v) is 8.00. The smallest absolute Gasteiger partial charge is 0.407 e. The summed E-state index contributed by atoms with van der Waals surface area (Å²) in [5.41, 5.74) is 1.18. The predicted octanol–water partition coefficient (Wildman–Crippen LogP) is 3.70. The van der Waals surface area contributed by atoms with Crippen molar-refractivity contribution in [2.45, 2.75) is 19.5 Å². The average molecular weight is 367 g/mol. The van der Waals surface area contributed by atoms with E-state index >= 15 is 0 Å². The summed E-state index contributed by atoms with van der Waals surface area (Å²) in [6, 6.07) is 10.0. The van der Waals surface area contributed by atoms with Gasteiger partial charge in [-0.3, -0.25) is 4.90 Å². The van der Waals surface area contributed by atoms with Gasteiger partial charge < -0.3 is 10.1 Å². The first kappa shape index (κ1) is 18.5. The number of hydrogen-bond donors (Lipinski definition) is 1. The lowest BCUT2D eigenvalue weighted by atomic mass is 10.1. The van der Waals surface area contributed by atoms with Crippen molar-refractivity contribution in [1.29, 1.82) is 0 Å². The van der Waals surface area contributed by atoms with Crippen molar-refractivity contribution in [1.82, 2.24) is 10.2 Å². The first-order valence-electron chi connectivity index (χ1n) is 7.21. The summed E-state index contributed by atoms with van der Waals surface area (Å²) in [6.07, 6.45) is 1.38. The summed E-state index contributed by atoms with van der Waals surface area (Å²) in [4.78, 5) is 13.6. The number of rotatable bonds is 9. The molecule has 1 aromatic carbocycles. The molecule has 0 aliphatic heterocycles. The highest BCUT2D eigenvalue weighted by molar-refractivity contribution is 9.11. The molecule has 0 radical (unpaired) electrons. The molecular formula is C17H23BrN2O2. The average Bonchev–Trinajstić information content (AvgIpc) is 2.48. The Kier molecular flexibility index (Phi) is 8.55. The molecule has 1 N–H and O–H groups in total. The second-order valence-corrected chi connectivity index (χ2v) is 5.96. The van der Waals surface area contributed by atoms with Gasteiger partial charge in [-0.15, -0.1) is 6.58 Å². The quantitative estimate of drug-likeness (QED) is 0.677. The van der Waals surface area contributed by atoms with Crippen LogP contribution in [-0.4, -0.2) is 36.7 Å². The third kappa shape index (κ3) is 6.91. The van der Waals surface area contributed by atoms with Crippen LogP contribution in [0, 0.1) is 0 Å². The van der Waals surface area contributed by atoms with Gasteiger partial charge in [0.25, 0.3) is 0 Å². The Morgan fingerprint density at radius 1 is 1.45 bits per heavy atom. The van der Waals surface area contributed by atoms with Crippen LogP contribution in [-0.2, 0) is 11.3 Å². The van der Waals surface area contributed by atoms with Crippen molar-refractivity contribution in [3.05, 3.63) is 59.6 Å². The Bertz CT molecular complexity index is 491. The van der Waals surface area contributed by atoms with E-state index < -0.39 is 6.09 Å². The minimum Gasteiger partial charge on any atom is -0.448 e. The molecule has 1 unspecified atom stereocenters. The van der Waals surface area contributed by atoms with Gasteiger partial charge in [0.15, 0.2) is 0 Å². The predicted molar refractivity (Wildman–Crippen MR) is 93.9 cm³/mol. The van der Waals surface area contributed by atoms with Crippen LogP contribution in [0.15, 0.2) is 54.0 Å². The van der Waals surface area contributed by atoms with Crippen molar-refractivity contribution in [3.63, 3.8) is 0 Å². The minimum atomic E-state index is -0.410. The second kappa shape index (κ2) is 10.2. The number of ether oxygens (including phenoxy) is 1. The number of carbonyl (C=O) groups is 1. The summed E-state index contributed by atoms with van der Waals surface area (Å²) >= 11 is 3.40. The fourth-order valence-corrected chi connectivity index (χ4v) is 2.33. The van der Waals surface area contributed by atoms with Crippen molar-refractivity contribution in [2.75, 3.05) is 19.7 Å². The molecule has 22 heavy (non-hydrogen) atoms. The zero-order valence-corrected chi connectivity index (χ0v) is 14.5. The standard InChI is InChI=1S/C17H23BrN2O2/c1-4-16(13-22-17(21)19-5-2)20(11-14(3)18)12-15-9-7-6-8-10-15/h4,6-10,16H,1,3,5,11-13H2,2H3,(H,19,21). The van der Waals surface area contributed by atoms with E-state index in [1.165, 1.54) is 5.56 Å². The maximum absolute atomic E-state index is 11.5. The van der Waals surface area contributed by atoms with Crippen LogP contribution in [0.4, 0.5) is 4.79 Å². The minimum absolute atomic E-state index is 0.0860. The normalized spacial score (nSPS) is 11.8. The molecule has 0 spiro atoms. The third-order valence-electron chi connectivity index (χ3n) is 3.05. The molecule has 1 atom stereocenters. The van der Waals surface area contributed by atoms with Crippen LogP contribution in [0.25, 0.3) is 0 Å². The SMILES string of the molecule is C=CC(COC(=O)NCC)N(CC(=C)Br)Cc1ccccc1. The molecule has 0 aliphatic carbocycles. The molecule has 1 amide bonds. The molecule has 0 fully saturated rings. The van der Waals surface area contributed by atoms with Crippen molar-refractivity contribution >= 4 is 22.0 Å². The lowest BCUT2D eigenvalue weighted by Gasteiger charge is -2.29. The summed E-state index contributed by atoms with van der Waals surface area (Å²) in [6.45, 7) is 11.8. The molecule has 0 aromatic heterocycles. The molecule has 0 heterocycles. The van der Waals surface area contributed by atoms with Crippen LogP contribution < -0.4 is 5.32 Å². The van der Waals surface area contributed by atoms with Crippen molar-refractivity contribution in [2.24, 2.45) is 0 Å². The molecule has 120 valence electrons. The van der Waals surface area contributed by atoms with E-state index in [1.807, 2.05) is 25.1 Å². The van der Waals surface area contributed by atoms with Gasteiger partial charge in [0.05, 0.1) is 6.04 Å². The van der Waals surface area contributed by atoms with Crippen molar-refractivity contribution < 1.29 is 9.53 Å². The number of nitrogens with one attached hydrogen (secondary N) is 1. The maximum Gasteiger partial charge on any atom is 0.407 e. The molecule has 0 aliphatic rings. The number of halogens is 1. The molecule has 0 saturated heterocycles. The number of nitrogens with zero attached hydrogens (tertiary/aromatic N) is 1. The van der Waals surface area contributed by atoms with Crippen molar-refractivity contribution in [3.8, 4) is 0 Å². The fraction of sp³-hybridized carbons (Fsp3) is 0.353. The van der Waals surface area contributed by atoms with Gasteiger partial charge in [-0.05, 0) is 12.5 Å². The molecule has 0 saturated carbocycles. The van der Waals surface area contributed by atoms with Crippen LogP contribution in [0.1, 0.15) is 12.5 Å². The number of alkyl carbamates (subject to hydrolysis) is 1. The number of amides is 1. The van der Waals surface area contributed by atoms with E-state index in [4.69, 9.17) is 4.74 Å². The largest absolute Gasteiger partial charge is 0.448 e. The highest BCUT2D eigenvalue weighted by atomic mass is 79.9. The van der Waals surface area contributed by atoms with Crippen LogP contribution >= 0.6 is 15.9 Å². The van der Waals surface area contributed by atoms with Crippen LogP contribution in [0.3, 0.4) is 0 Å². The topological polar surface area (TPSA) is 41.6 Å². The lowest BCUT2D eigenvalue weighted by molar-refractivity contribution is 0.108. The summed E-state index contributed by atoms with van der Waals surface area (Å²) < 4.78 is 6.10. The number of carbonyl (C=O) groups excluding carboxylic acids is 1. The molecule has 0 bridgehead atoms. The third-order valence-corrected chi connectivity index (χ3v) is 3.30. The second-order valence-electron chi connectivity index (χ2n) is 4.84. The highest BCUT2D eigenvalue weighted by Gasteiger charge is 2.18. The summed E-state index contributed by atoms with van der Waals surface area (Å²) in [7, 11) is 0. The van der Waals surface area contributed by atoms with Gasteiger partial charge in [0.2, 0.25) is 0 Å². The Morgan fingerprint density at radius 3 is 2.68 bits per heavy atom. The van der Waals surface area contributed by atoms with E-state index in [0.29, 0.717) is 13.1 Å². The summed E-state index contributed by atoms with van der Waals surface area (Å²) in [5, 5.41) is 2.61. The van der Waals surface area contributed by atoms with E-state index in [1.54, 1.807) is 6.08 Å². The van der Waals surface area contributed by atoms with Gasteiger partial charge in [-0.1, -0.05) is 58.9 Å². The van der Waals surface area contributed by atoms with Gasteiger partial charge >= 0.3 is 6.09 Å². The van der Waals surface area contributed by atoms with Gasteiger partial charge in [0.1, 0.15) is 6.61 Å². The molecule has 5 heteroatoms. The zero-order valence-electron chi connectivity index (χ0n) is 12.9. The van der Waals surface area contributed by atoms with E-state index in [-0.39, 0.29) is 12.6 Å². The molecule has 1 aromatic rings. The molecule has 1 rings (SSSR count). The van der Waals surface area contributed by atoms with Crippen LogP contribution in [0.2, 0.25) is 0 Å². The zero-order chi connectivity index (χ0) is 16.4.